The van der Waals surface area contributed by atoms with Crippen LogP contribution in [-0.4, -0.2) is 27.4 Å². The lowest BCUT2D eigenvalue weighted by Gasteiger charge is -2.22. The van der Waals surface area contributed by atoms with Gasteiger partial charge < -0.3 is 4.74 Å². The molecule has 1 saturated carbocycles. The van der Waals surface area contributed by atoms with Crippen LogP contribution in [0.25, 0.3) is 10.9 Å². The molecule has 3 aromatic rings. The van der Waals surface area contributed by atoms with Gasteiger partial charge in [-0.2, -0.15) is 9.78 Å². The predicted octanol–water partition coefficient (Wildman–Crippen LogP) is 6.05. The van der Waals surface area contributed by atoms with E-state index in [9.17, 15) is 14.9 Å². The van der Waals surface area contributed by atoms with Crippen LogP contribution in [0.4, 0.5) is 5.69 Å². The van der Waals surface area contributed by atoms with Crippen molar-refractivity contribution in [2.24, 2.45) is 5.10 Å². The highest BCUT2D eigenvalue weighted by molar-refractivity contribution is 9.10. The first-order valence-corrected chi connectivity index (χ1v) is 11.9. The van der Waals surface area contributed by atoms with Gasteiger partial charge in [0.1, 0.15) is 5.82 Å². The number of hydrogen-bond acceptors (Lipinski definition) is 6. The highest BCUT2D eigenvalue weighted by Crippen LogP contribution is 2.34. The summed E-state index contributed by atoms with van der Waals surface area (Å²) in [7, 11) is 0. The van der Waals surface area contributed by atoms with Gasteiger partial charge in [0.05, 0.1) is 28.6 Å². The van der Waals surface area contributed by atoms with Crippen molar-refractivity contribution in [1.82, 2.24) is 9.66 Å². The number of aromatic nitrogens is 2. The molecule has 1 fully saturated rings. The van der Waals surface area contributed by atoms with E-state index in [2.05, 4.69) is 21.0 Å². The molecule has 1 aliphatic carbocycles. The van der Waals surface area contributed by atoms with Crippen LogP contribution >= 0.6 is 27.5 Å². The van der Waals surface area contributed by atoms with E-state index in [1.165, 1.54) is 23.0 Å². The lowest BCUT2D eigenvalue weighted by Crippen LogP contribution is -2.25. The highest BCUT2D eigenvalue weighted by atomic mass is 79.9. The fraction of sp³-hybridized carbons (Fsp3) is 0.348. The lowest BCUT2D eigenvalue weighted by atomic mass is 9.88. The van der Waals surface area contributed by atoms with Crippen molar-refractivity contribution in [3.8, 4) is 5.75 Å². The Balaban J connectivity index is 1.90. The number of fused-ring (bicyclic) bond motifs is 1. The largest absolute Gasteiger partial charge is 0.487 e. The summed E-state index contributed by atoms with van der Waals surface area (Å²) in [6.07, 6.45) is 6.53. The maximum Gasteiger partial charge on any atom is 0.313 e. The van der Waals surface area contributed by atoms with Crippen LogP contribution in [0.5, 0.6) is 5.75 Å². The maximum absolute atomic E-state index is 13.4. The average Bonchev–Trinajstić information content (AvgIpc) is 2.80. The van der Waals surface area contributed by atoms with Crippen molar-refractivity contribution >= 4 is 50.3 Å². The molecule has 0 spiro atoms. The molecule has 1 heterocycles. The molecule has 33 heavy (non-hydrogen) atoms. The van der Waals surface area contributed by atoms with Gasteiger partial charge in [0, 0.05) is 27.0 Å². The summed E-state index contributed by atoms with van der Waals surface area (Å²) in [5.41, 5.74) is 0.370. The van der Waals surface area contributed by atoms with E-state index in [0.29, 0.717) is 22.3 Å². The summed E-state index contributed by atoms with van der Waals surface area (Å²) in [6, 6.07) is 8.15. The number of halogens is 2. The number of rotatable bonds is 6. The Bertz CT molecular complexity index is 1300. The zero-order chi connectivity index (χ0) is 23.5. The van der Waals surface area contributed by atoms with Crippen molar-refractivity contribution in [1.29, 1.82) is 0 Å². The van der Waals surface area contributed by atoms with Crippen LogP contribution < -0.4 is 10.3 Å². The molecule has 0 atom stereocenters. The van der Waals surface area contributed by atoms with Gasteiger partial charge in [0.25, 0.3) is 5.56 Å². The molecular formula is C23H22BrClN4O4. The highest BCUT2D eigenvalue weighted by Gasteiger charge is 2.24. The number of benzene rings is 2. The molecule has 0 saturated heterocycles. The monoisotopic (exact) mass is 532 g/mol. The Kier molecular flexibility index (Phi) is 7.09. The third-order valence-corrected chi connectivity index (χ3v) is 6.38. The summed E-state index contributed by atoms with van der Waals surface area (Å²) in [5.74, 6) is 0.761. The van der Waals surface area contributed by atoms with Gasteiger partial charge in [0.2, 0.25) is 5.75 Å². The SMILES string of the molecule is CCOc1c(C=Nn2c(C3CCCCC3)nc3ccc(Br)cc3c2=O)cc(Cl)cc1[N+](=O)[O-]. The third-order valence-electron chi connectivity index (χ3n) is 5.66. The zero-order valence-corrected chi connectivity index (χ0v) is 20.3. The molecule has 0 bridgehead atoms. The zero-order valence-electron chi connectivity index (χ0n) is 18.0. The minimum Gasteiger partial charge on any atom is -0.487 e. The normalized spacial score (nSPS) is 14.8. The molecule has 4 rings (SSSR count). The molecule has 0 radical (unpaired) electrons. The molecule has 8 nitrogen and oxygen atoms in total. The molecular weight excluding hydrogens is 512 g/mol. The van der Waals surface area contributed by atoms with E-state index in [-0.39, 0.29) is 34.5 Å². The van der Waals surface area contributed by atoms with Gasteiger partial charge in [-0.3, -0.25) is 14.9 Å². The minimum atomic E-state index is -0.553. The van der Waals surface area contributed by atoms with Crippen molar-refractivity contribution < 1.29 is 9.66 Å². The number of hydrogen-bond donors (Lipinski definition) is 0. The smallest absolute Gasteiger partial charge is 0.313 e. The molecule has 0 aliphatic heterocycles. The first kappa shape index (κ1) is 23.4. The quantitative estimate of drug-likeness (QED) is 0.218. The Morgan fingerprint density at radius 2 is 2.06 bits per heavy atom. The van der Waals surface area contributed by atoms with E-state index in [1.54, 1.807) is 13.0 Å². The molecule has 1 aliphatic rings. The minimum absolute atomic E-state index is 0.0550. The van der Waals surface area contributed by atoms with Gasteiger partial charge in [0.15, 0.2) is 0 Å². The molecule has 10 heteroatoms. The lowest BCUT2D eigenvalue weighted by molar-refractivity contribution is -0.385. The van der Waals surface area contributed by atoms with E-state index in [4.69, 9.17) is 21.3 Å². The fourth-order valence-electron chi connectivity index (χ4n) is 4.16. The van der Waals surface area contributed by atoms with E-state index in [1.807, 2.05) is 12.1 Å². The van der Waals surface area contributed by atoms with E-state index < -0.39 is 4.92 Å². The summed E-state index contributed by atoms with van der Waals surface area (Å²) < 4.78 is 7.61. The summed E-state index contributed by atoms with van der Waals surface area (Å²) in [4.78, 5) is 29.2. The molecule has 0 unspecified atom stereocenters. The first-order chi connectivity index (χ1) is 15.9. The Morgan fingerprint density at radius 1 is 1.30 bits per heavy atom. The number of ether oxygens (including phenoxy) is 1. The van der Waals surface area contributed by atoms with Crippen LogP contribution in [0.1, 0.15) is 56.3 Å². The summed E-state index contributed by atoms with van der Waals surface area (Å²) in [6.45, 7) is 1.96. The fourth-order valence-corrected chi connectivity index (χ4v) is 4.74. The second-order valence-corrected chi connectivity index (χ2v) is 9.21. The van der Waals surface area contributed by atoms with Gasteiger partial charge in [-0.25, -0.2) is 4.98 Å². The van der Waals surface area contributed by atoms with Crippen molar-refractivity contribution in [3.63, 3.8) is 0 Å². The molecule has 0 N–H and O–H groups in total. The van der Waals surface area contributed by atoms with Gasteiger partial charge in [-0.05, 0) is 44.0 Å². The Hall–Kier alpha value is -2.78. The maximum atomic E-state index is 13.4. The van der Waals surface area contributed by atoms with Crippen LogP contribution in [0.3, 0.4) is 0 Å². The van der Waals surface area contributed by atoms with Crippen LogP contribution in [0.15, 0.2) is 44.7 Å². The Labute approximate surface area is 203 Å². The molecule has 1 aromatic heterocycles. The van der Waals surface area contributed by atoms with Gasteiger partial charge in [-0.1, -0.05) is 46.8 Å². The summed E-state index contributed by atoms with van der Waals surface area (Å²) in [5, 5.41) is 16.6. The van der Waals surface area contributed by atoms with Crippen molar-refractivity contribution in [2.75, 3.05) is 6.61 Å². The first-order valence-electron chi connectivity index (χ1n) is 10.8. The topological polar surface area (TPSA) is 99.6 Å². The number of nitrogens with zero attached hydrogens (tertiary/aromatic N) is 4. The summed E-state index contributed by atoms with van der Waals surface area (Å²) >= 11 is 9.53. The van der Waals surface area contributed by atoms with Crippen LogP contribution in [0, 0.1) is 10.1 Å². The Morgan fingerprint density at radius 3 is 2.76 bits per heavy atom. The number of nitro groups is 1. The predicted molar refractivity (Wildman–Crippen MR) is 132 cm³/mol. The molecule has 2 aromatic carbocycles. The van der Waals surface area contributed by atoms with Gasteiger partial charge in [-0.15, -0.1) is 0 Å². The van der Waals surface area contributed by atoms with Crippen molar-refractivity contribution in [3.05, 3.63) is 71.7 Å². The van der Waals surface area contributed by atoms with E-state index in [0.717, 1.165) is 36.6 Å². The average molecular weight is 534 g/mol. The van der Waals surface area contributed by atoms with E-state index >= 15 is 0 Å². The number of nitro benzene ring substituents is 1. The molecule has 0 amide bonds. The molecule has 172 valence electrons. The third kappa shape index (κ3) is 4.94. The van der Waals surface area contributed by atoms with Gasteiger partial charge >= 0.3 is 5.69 Å². The standard InChI is InChI=1S/C23H22BrClN4O4/c1-2-33-21-15(10-17(25)12-20(21)29(31)32)13-26-28-22(14-6-4-3-5-7-14)27-19-9-8-16(24)11-18(19)23(28)30/h8-14H,2-7H2,1H3. The van der Waals surface area contributed by atoms with Crippen molar-refractivity contribution in [2.45, 2.75) is 44.9 Å². The second kappa shape index (κ2) is 10.0. The van der Waals surface area contributed by atoms with Crippen LogP contribution in [0.2, 0.25) is 5.02 Å². The second-order valence-electron chi connectivity index (χ2n) is 7.86. The van der Waals surface area contributed by atoms with Crippen LogP contribution in [-0.2, 0) is 0 Å².